The average molecular weight is 249 g/mol. The van der Waals surface area contributed by atoms with Crippen LogP contribution in [0.15, 0.2) is 18.2 Å². The first-order valence-electron chi connectivity index (χ1n) is 6.09. The van der Waals surface area contributed by atoms with Gasteiger partial charge in [-0.15, -0.1) is 0 Å². The standard InChI is InChI=1S/C14H19NO3/c1-4-8-15-14(17)11(3)18-13-10(2)6-5-7-12(13)9-16/h5-7,9,11H,4,8H2,1-3H3,(H,15,17). The average Bonchev–Trinajstić information content (AvgIpc) is 2.38. The van der Waals surface area contributed by atoms with Crippen molar-refractivity contribution in [3.8, 4) is 5.75 Å². The molecule has 0 aliphatic rings. The number of benzene rings is 1. The zero-order valence-corrected chi connectivity index (χ0v) is 11.0. The highest BCUT2D eigenvalue weighted by atomic mass is 16.5. The monoisotopic (exact) mass is 249 g/mol. The van der Waals surface area contributed by atoms with Gasteiger partial charge in [0.05, 0.1) is 5.56 Å². The van der Waals surface area contributed by atoms with Gasteiger partial charge in [-0.1, -0.05) is 19.1 Å². The zero-order valence-electron chi connectivity index (χ0n) is 11.0. The van der Waals surface area contributed by atoms with E-state index in [-0.39, 0.29) is 5.91 Å². The van der Waals surface area contributed by atoms with E-state index in [1.54, 1.807) is 19.1 Å². The van der Waals surface area contributed by atoms with Crippen LogP contribution >= 0.6 is 0 Å². The lowest BCUT2D eigenvalue weighted by molar-refractivity contribution is -0.127. The summed E-state index contributed by atoms with van der Waals surface area (Å²) in [5, 5.41) is 2.76. The van der Waals surface area contributed by atoms with E-state index in [1.165, 1.54) is 0 Å². The van der Waals surface area contributed by atoms with Gasteiger partial charge in [-0.3, -0.25) is 9.59 Å². The van der Waals surface area contributed by atoms with Gasteiger partial charge in [-0.2, -0.15) is 0 Å². The molecule has 4 nitrogen and oxygen atoms in total. The molecule has 1 atom stereocenters. The van der Waals surface area contributed by atoms with Gasteiger partial charge < -0.3 is 10.1 Å². The molecule has 18 heavy (non-hydrogen) atoms. The third kappa shape index (κ3) is 3.58. The van der Waals surface area contributed by atoms with Crippen LogP contribution in [0.25, 0.3) is 0 Å². The minimum Gasteiger partial charge on any atom is -0.480 e. The van der Waals surface area contributed by atoms with E-state index in [1.807, 2.05) is 19.9 Å². The smallest absolute Gasteiger partial charge is 0.260 e. The summed E-state index contributed by atoms with van der Waals surface area (Å²) in [4.78, 5) is 22.6. The maximum atomic E-state index is 11.7. The number of rotatable bonds is 6. The van der Waals surface area contributed by atoms with E-state index in [9.17, 15) is 9.59 Å². The highest BCUT2D eigenvalue weighted by Crippen LogP contribution is 2.23. The number of aryl methyl sites for hydroxylation is 1. The van der Waals surface area contributed by atoms with Crippen molar-refractivity contribution in [2.24, 2.45) is 0 Å². The number of carbonyl (C=O) groups is 2. The van der Waals surface area contributed by atoms with Crippen molar-refractivity contribution in [1.82, 2.24) is 5.32 Å². The van der Waals surface area contributed by atoms with Crippen molar-refractivity contribution in [2.45, 2.75) is 33.3 Å². The molecule has 0 aliphatic carbocycles. The fourth-order valence-electron chi connectivity index (χ4n) is 1.55. The SMILES string of the molecule is CCCNC(=O)C(C)Oc1c(C)cccc1C=O. The number of carbonyl (C=O) groups excluding carboxylic acids is 2. The summed E-state index contributed by atoms with van der Waals surface area (Å²) in [6, 6.07) is 5.30. The summed E-state index contributed by atoms with van der Waals surface area (Å²) in [6.07, 6.45) is 0.998. The van der Waals surface area contributed by atoms with Crippen molar-refractivity contribution in [2.75, 3.05) is 6.54 Å². The lowest BCUT2D eigenvalue weighted by atomic mass is 10.1. The van der Waals surface area contributed by atoms with Crippen LogP contribution in [0.3, 0.4) is 0 Å². The molecule has 0 spiro atoms. The van der Waals surface area contributed by atoms with Crippen LogP contribution in [0.1, 0.15) is 36.2 Å². The molecular formula is C14H19NO3. The summed E-state index contributed by atoms with van der Waals surface area (Å²) >= 11 is 0. The van der Waals surface area contributed by atoms with E-state index in [0.717, 1.165) is 18.3 Å². The summed E-state index contributed by atoms with van der Waals surface area (Å²) in [6.45, 7) is 6.13. The first kappa shape index (κ1) is 14.2. The van der Waals surface area contributed by atoms with E-state index >= 15 is 0 Å². The fourth-order valence-corrected chi connectivity index (χ4v) is 1.55. The van der Waals surface area contributed by atoms with Gasteiger partial charge in [-0.25, -0.2) is 0 Å². The molecule has 1 rings (SSSR count). The van der Waals surface area contributed by atoms with Gasteiger partial charge in [0.1, 0.15) is 5.75 Å². The van der Waals surface area contributed by atoms with Gasteiger partial charge in [0, 0.05) is 6.54 Å². The fraction of sp³-hybridized carbons (Fsp3) is 0.429. The topological polar surface area (TPSA) is 55.4 Å². The van der Waals surface area contributed by atoms with E-state index < -0.39 is 6.10 Å². The van der Waals surface area contributed by atoms with Crippen molar-refractivity contribution in [3.63, 3.8) is 0 Å². The van der Waals surface area contributed by atoms with Crippen LogP contribution in [0.4, 0.5) is 0 Å². The Morgan fingerprint density at radius 2 is 2.22 bits per heavy atom. The molecule has 0 saturated heterocycles. The maximum absolute atomic E-state index is 11.7. The number of hydrogen-bond donors (Lipinski definition) is 1. The van der Waals surface area contributed by atoms with Crippen LogP contribution in [-0.4, -0.2) is 24.8 Å². The molecule has 1 aromatic carbocycles. The zero-order chi connectivity index (χ0) is 13.5. The Labute approximate surface area is 107 Å². The molecule has 1 N–H and O–H groups in total. The Balaban J connectivity index is 2.78. The lowest BCUT2D eigenvalue weighted by Crippen LogP contribution is -2.36. The molecule has 0 heterocycles. The number of ether oxygens (including phenoxy) is 1. The number of aldehydes is 1. The largest absolute Gasteiger partial charge is 0.480 e. The van der Waals surface area contributed by atoms with Crippen molar-refractivity contribution >= 4 is 12.2 Å². The normalized spacial score (nSPS) is 11.7. The Hall–Kier alpha value is -1.84. The molecule has 1 unspecified atom stereocenters. The Bertz CT molecular complexity index is 429. The predicted octanol–water partition coefficient (Wildman–Crippen LogP) is 2.10. The number of hydrogen-bond acceptors (Lipinski definition) is 3. The number of para-hydroxylation sites is 1. The second kappa shape index (κ2) is 6.79. The molecule has 0 aromatic heterocycles. The maximum Gasteiger partial charge on any atom is 0.260 e. The van der Waals surface area contributed by atoms with E-state index in [2.05, 4.69) is 5.32 Å². The quantitative estimate of drug-likeness (QED) is 0.785. The summed E-state index contributed by atoms with van der Waals surface area (Å²) in [7, 11) is 0. The van der Waals surface area contributed by atoms with Crippen molar-refractivity contribution in [3.05, 3.63) is 29.3 Å². The minimum atomic E-state index is -0.614. The van der Waals surface area contributed by atoms with Crippen LogP contribution in [0.2, 0.25) is 0 Å². The van der Waals surface area contributed by atoms with E-state index in [4.69, 9.17) is 4.74 Å². The Morgan fingerprint density at radius 3 is 2.83 bits per heavy atom. The van der Waals surface area contributed by atoms with Gasteiger partial charge in [-0.05, 0) is 31.9 Å². The van der Waals surface area contributed by atoms with Crippen LogP contribution in [0, 0.1) is 6.92 Å². The predicted molar refractivity (Wildman–Crippen MR) is 70.0 cm³/mol. The molecule has 0 radical (unpaired) electrons. The molecule has 0 fully saturated rings. The van der Waals surface area contributed by atoms with Gasteiger partial charge in [0.25, 0.3) is 5.91 Å². The highest BCUT2D eigenvalue weighted by Gasteiger charge is 2.16. The summed E-state index contributed by atoms with van der Waals surface area (Å²) in [5.74, 6) is 0.309. The molecule has 1 amide bonds. The van der Waals surface area contributed by atoms with E-state index in [0.29, 0.717) is 17.9 Å². The number of nitrogens with one attached hydrogen (secondary N) is 1. The van der Waals surface area contributed by atoms with Gasteiger partial charge >= 0.3 is 0 Å². The van der Waals surface area contributed by atoms with Gasteiger partial charge in [0.15, 0.2) is 12.4 Å². The van der Waals surface area contributed by atoms with Crippen molar-refractivity contribution in [1.29, 1.82) is 0 Å². The van der Waals surface area contributed by atoms with Crippen LogP contribution in [0.5, 0.6) is 5.75 Å². The first-order valence-corrected chi connectivity index (χ1v) is 6.09. The first-order chi connectivity index (χ1) is 8.60. The van der Waals surface area contributed by atoms with Gasteiger partial charge in [0.2, 0.25) is 0 Å². The third-order valence-corrected chi connectivity index (χ3v) is 2.58. The Kier molecular flexibility index (Phi) is 5.36. The summed E-state index contributed by atoms with van der Waals surface area (Å²) in [5.41, 5.74) is 1.31. The summed E-state index contributed by atoms with van der Waals surface area (Å²) < 4.78 is 5.58. The molecule has 0 aliphatic heterocycles. The Morgan fingerprint density at radius 1 is 1.50 bits per heavy atom. The third-order valence-electron chi connectivity index (χ3n) is 2.58. The lowest BCUT2D eigenvalue weighted by Gasteiger charge is -2.17. The molecule has 0 bridgehead atoms. The molecule has 1 aromatic rings. The van der Waals surface area contributed by atoms with Crippen LogP contribution in [-0.2, 0) is 4.79 Å². The van der Waals surface area contributed by atoms with Crippen LogP contribution < -0.4 is 10.1 Å². The van der Waals surface area contributed by atoms with Crippen molar-refractivity contribution < 1.29 is 14.3 Å². The second-order valence-corrected chi connectivity index (χ2v) is 4.16. The molecule has 0 saturated carbocycles. The minimum absolute atomic E-state index is 0.169. The number of amides is 1. The molecule has 4 heteroatoms. The molecular weight excluding hydrogens is 230 g/mol. The second-order valence-electron chi connectivity index (χ2n) is 4.16. The highest BCUT2D eigenvalue weighted by molar-refractivity contribution is 5.83. The molecule has 98 valence electrons.